The van der Waals surface area contributed by atoms with Gasteiger partial charge in [0.2, 0.25) is 0 Å². The molecule has 4 heteroatoms. The van der Waals surface area contributed by atoms with E-state index in [4.69, 9.17) is 8.83 Å². The van der Waals surface area contributed by atoms with Gasteiger partial charge in [0, 0.05) is 71.6 Å². The summed E-state index contributed by atoms with van der Waals surface area (Å²) in [6.07, 6.45) is 0. The summed E-state index contributed by atoms with van der Waals surface area (Å²) in [6.45, 7) is 4.85. The Morgan fingerprint density at radius 1 is 0.210 bits per heavy atom. The van der Waals surface area contributed by atoms with E-state index in [9.17, 15) is 0 Å². The molecule has 580 valence electrons. The van der Waals surface area contributed by atoms with Crippen LogP contribution in [-0.2, 0) is 10.8 Å². The summed E-state index contributed by atoms with van der Waals surface area (Å²) in [7, 11) is 0. The zero-order valence-corrected chi connectivity index (χ0v) is 68.3. The first kappa shape index (κ1) is 71.1. The van der Waals surface area contributed by atoms with E-state index in [2.05, 4.69) is 460 Å². The molecule has 0 unspecified atom stereocenters. The predicted octanol–water partition coefficient (Wildman–Crippen LogP) is 33.2. The monoisotopic (exact) mass is 1580 g/mol. The van der Waals surface area contributed by atoms with Gasteiger partial charge in [0.1, 0.15) is 22.3 Å². The number of anilines is 6. The van der Waals surface area contributed by atoms with Gasteiger partial charge in [-0.2, -0.15) is 0 Å². The van der Waals surface area contributed by atoms with Crippen LogP contribution >= 0.6 is 0 Å². The first-order valence-electron chi connectivity index (χ1n) is 43.0. The lowest BCUT2D eigenvalue weighted by molar-refractivity contribution is 0.662. The Morgan fingerprint density at radius 2 is 0.645 bits per heavy atom. The van der Waals surface area contributed by atoms with Crippen molar-refractivity contribution in [2.75, 3.05) is 9.80 Å². The van der Waals surface area contributed by atoms with Gasteiger partial charge in [-0.3, -0.25) is 0 Å². The molecule has 2 aliphatic rings. The summed E-state index contributed by atoms with van der Waals surface area (Å²) in [5.74, 6) is 0. The normalized spacial score (nSPS) is 13.0. The molecule has 4 nitrogen and oxygen atoms in total. The standard InChI is InChI=1S/C120H78N2O2/c1-119(2)108-73-86(122(85-37-23-32-79(71-85)80-57-56-75-28-9-10-30-78(75)70-80)111-53-22-19-44-98(111)100-47-26-54-112-114(100)104-65-60-76-29-11-14-39-89(76)117(104)123-112)64-67-96(108)102-49-25-48-101(116(102)119)91-45-24-50-103-93(91)68-69-105-115-99(46-27-55-113(115)124-118(103)105)97-43-18-21-52-110(97)121(84-61-58-77(59-62-84)106-72-81-31-12-13-38-88(81)90-40-15-16-41-92(90)106)87-63-66-95-94-42-17-20-51-107(94)120(109(95)74-87,82-33-5-3-6-34-82)83-35-7-4-8-36-83/h3-74H,1-2H3. The zero-order chi connectivity index (χ0) is 81.9. The van der Waals surface area contributed by atoms with Crippen molar-refractivity contribution < 1.29 is 8.83 Å². The third kappa shape index (κ3) is 10.8. The number of furan rings is 2. The highest BCUT2D eigenvalue weighted by atomic mass is 16.3. The molecule has 0 bridgehead atoms. The van der Waals surface area contributed by atoms with Crippen molar-refractivity contribution >= 4 is 132 Å². The fraction of sp³-hybridized carbons (Fsp3) is 0.0333. The van der Waals surface area contributed by atoms with Crippen LogP contribution in [0.15, 0.2) is 446 Å². The second kappa shape index (κ2) is 27.9. The topological polar surface area (TPSA) is 32.8 Å². The van der Waals surface area contributed by atoms with Gasteiger partial charge >= 0.3 is 0 Å². The van der Waals surface area contributed by atoms with E-state index in [0.717, 1.165) is 144 Å². The van der Waals surface area contributed by atoms with Gasteiger partial charge in [-0.25, -0.2) is 0 Å². The predicted molar refractivity (Wildman–Crippen MR) is 520 cm³/mol. The molecule has 0 N–H and O–H groups in total. The maximum atomic E-state index is 7.40. The number of nitrogens with zero attached hydrogens (tertiary/aromatic N) is 2. The maximum absolute atomic E-state index is 7.40. The first-order valence-corrected chi connectivity index (χ1v) is 43.0. The van der Waals surface area contributed by atoms with E-state index in [1.165, 1.54) is 99.1 Å². The average molecular weight is 1580 g/mol. The minimum absolute atomic E-state index is 0.451. The number of benzene rings is 21. The molecule has 2 heterocycles. The van der Waals surface area contributed by atoms with Crippen LogP contribution in [0.4, 0.5) is 34.1 Å². The Kier molecular flexibility index (Phi) is 16.0. The molecule has 0 spiro atoms. The highest BCUT2D eigenvalue weighted by molar-refractivity contribution is 6.23. The van der Waals surface area contributed by atoms with Crippen LogP contribution in [0.1, 0.15) is 47.2 Å². The second-order valence-corrected chi connectivity index (χ2v) is 34.0. The largest absolute Gasteiger partial charge is 0.455 e. The summed E-state index contributed by atoms with van der Waals surface area (Å²) < 4.78 is 14.3. The van der Waals surface area contributed by atoms with Crippen molar-refractivity contribution in [2.24, 2.45) is 0 Å². The molecule has 0 amide bonds. The van der Waals surface area contributed by atoms with E-state index in [-0.39, 0.29) is 0 Å². The molecule has 0 fully saturated rings. The van der Waals surface area contributed by atoms with E-state index < -0.39 is 10.8 Å². The highest BCUT2D eigenvalue weighted by Gasteiger charge is 2.47. The molecule has 21 aromatic carbocycles. The molecule has 0 saturated heterocycles. The van der Waals surface area contributed by atoms with Crippen molar-refractivity contribution in [3.63, 3.8) is 0 Å². The highest BCUT2D eigenvalue weighted by Crippen LogP contribution is 2.60. The Hall–Kier alpha value is -15.9. The van der Waals surface area contributed by atoms with Gasteiger partial charge in [0.15, 0.2) is 0 Å². The summed E-state index contributed by atoms with van der Waals surface area (Å²) in [5, 5.41) is 16.2. The molecule has 0 aliphatic heterocycles. The van der Waals surface area contributed by atoms with E-state index >= 15 is 0 Å². The maximum Gasteiger partial charge on any atom is 0.143 e. The smallest absolute Gasteiger partial charge is 0.143 e. The minimum atomic E-state index is -0.620. The van der Waals surface area contributed by atoms with Crippen LogP contribution in [-0.4, -0.2) is 0 Å². The van der Waals surface area contributed by atoms with E-state index in [0.29, 0.717) is 0 Å². The van der Waals surface area contributed by atoms with Crippen molar-refractivity contribution in [3.05, 3.63) is 470 Å². The van der Waals surface area contributed by atoms with Crippen LogP contribution in [0.3, 0.4) is 0 Å². The average Bonchev–Trinajstić information content (AvgIpc) is 1.53. The lowest BCUT2D eigenvalue weighted by Crippen LogP contribution is -2.28. The number of hydrogen-bond donors (Lipinski definition) is 0. The summed E-state index contributed by atoms with van der Waals surface area (Å²) in [4.78, 5) is 4.99. The zero-order valence-electron chi connectivity index (χ0n) is 68.3. The van der Waals surface area contributed by atoms with Crippen molar-refractivity contribution in [1.29, 1.82) is 0 Å². The quantitative estimate of drug-likeness (QED) is 0.108. The Bertz CT molecular complexity index is 8320. The van der Waals surface area contributed by atoms with Crippen LogP contribution in [0, 0.1) is 0 Å². The lowest BCUT2D eigenvalue weighted by Gasteiger charge is -2.35. The van der Waals surface area contributed by atoms with Gasteiger partial charge < -0.3 is 18.6 Å². The molecule has 124 heavy (non-hydrogen) atoms. The Morgan fingerprint density at radius 3 is 1.35 bits per heavy atom. The SMILES string of the molecule is CC1(C)c2cc(N(c3cccc(-c4ccc5ccccc5c4)c3)c3ccccc3-c3cccc4oc5c6ccccc6ccc5c34)ccc2-c2cccc(-c3cccc4c3ccc3c4oc4cccc(-c5ccccc5N(c5ccc(-c6cc7ccccc7c7ccccc67)cc5)c5ccc6c(c5)C(c5ccccc5)(c5ccccc5)c5ccccc5-6)c43)c21. The number of hydrogen-bond acceptors (Lipinski definition) is 4. The summed E-state index contributed by atoms with van der Waals surface area (Å²) in [6, 6.07) is 162. The fourth-order valence-electron chi connectivity index (χ4n) is 21.6. The minimum Gasteiger partial charge on any atom is -0.455 e. The van der Waals surface area contributed by atoms with Crippen molar-refractivity contribution in [2.45, 2.75) is 24.7 Å². The fourth-order valence-corrected chi connectivity index (χ4v) is 21.6. The third-order valence-electron chi connectivity index (χ3n) is 27.1. The van der Waals surface area contributed by atoms with Gasteiger partial charge in [-0.1, -0.05) is 354 Å². The summed E-state index contributed by atoms with van der Waals surface area (Å²) >= 11 is 0. The third-order valence-corrected chi connectivity index (χ3v) is 27.1. The van der Waals surface area contributed by atoms with Crippen LogP contribution < -0.4 is 9.80 Å². The first-order chi connectivity index (χ1) is 61.3. The molecule has 2 aromatic heterocycles. The Balaban J connectivity index is 0.624. The van der Waals surface area contributed by atoms with E-state index in [1.54, 1.807) is 0 Å². The number of rotatable bonds is 13. The van der Waals surface area contributed by atoms with Crippen molar-refractivity contribution in [3.8, 4) is 77.9 Å². The van der Waals surface area contributed by atoms with Gasteiger partial charge in [-0.05, 0) is 240 Å². The number of fused-ring (bicyclic) bond motifs is 20. The molecule has 23 aromatic rings. The molecule has 0 atom stereocenters. The lowest BCUT2D eigenvalue weighted by atomic mass is 9.67. The van der Waals surface area contributed by atoms with E-state index in [1.807, 2.05) is 0 Å². The van der Waals surface area contributed by atoms with Gasteiger partial charge in [0.25, 0.3) is 0 Å². The number of para-hydroxylation sites is 2. The Labute approximate surface area is 718 Å². The molecular formula is C120H78N2O2. The van der Waals surface area contributed by atoms with Crippen LogP contribution in [0.25, 0.3) is 176 Å². The molecular weight excluding hydrogens is 1500 g/mol. The molecule has 25 rings (SSSR count). The van der Waals surface area contributed by atoms with Gasteiger partial charge in [-0.15, -0.1) is 0 Å². The second-order valence-electron chi connectivity index (χ2n) is 34.0. The van der Waals surface area contributed by atoms with Crippen LogP contribution in [0.2, 0.25) is 0 Å². The molecule has 0 saturated carbocycles. The summed E-state index contributed by atoms with van der Waals surface area (Å²) in [5.41, 5.74) is 32.5. The van der Waals surface area contributed by atoms with Crippen molar-refractivity contribution in [1.82, 2.24) is 0 Å². The molecule has 2 aliphatic carbocycles. The van der Waals surface area contributed by atoms with Crippen LogP contribution in [0.5, 0.6) is 0 Å². The van der Waals surface area contributed by atoms with Gasteiger partial charge in [0.05, 0.1) is 16.8 Å². The molecule has 0 radical (unpaired) electrons.